The Balaban J connectivity index is 1.28. The summed E-state index contributed by atoms with van der Waals surface area (Å²) in [6, 6.07) is 26.3. The first-order valence-electron chi connectivity index (χ1n) is 13.2. The quantitative estimate of drug-likeness (QED) is 0.420. The van der Waals surface area contributed by atoms with Gasteiger partial charge in [-0.3, -0.25) is 9.59 Å². The van der Waals surface area contributed by atoms with Gasteiger partial charge in [0.2, 0.25) is 5.91 Å². The van der Waals surface area contributed by atoms with E-state index in [2.05, 4.69) is 9.80 Å². The number of nitrogens with zero attached hydrogens (tertiary/aromatic N) is 3. The van der Waals surface area contributed by atoms with E-state index in [0.717, 1.165) is 37.3 Å². The van der Waals surface area contributed by atoms with Crippen molar-refractivity contribution in [1.82, 2.24) is 9.80 Å². The maximum atomic E-state index is 14.0. The highest BCUT2D eigenvalue weighted by molar-refractivity contribution is 5.96. The maximum Gasteiger partial charge on any atom is 0.336 e. The molecule has 0 saturated carbocycles. The topological polar surface area (TPSA) is 81.2 Å². The van der Waals surface area contributed by atoms with Crippen LogP contribution in [-0.2, 0) is 11.3 Å². The minimum atomic E-state index is -0.985. The van der Waals surface area contributed by atoms with Gasteiger partial charge in [-0.05, 0) is 49.6 Å². The van der Waals surface area contributed by atoms with Crippen LogP contribution in [-0.4, -0.2) is 64.4 Å². The van der Waals surface area contributed by atoms with Gasteiger partial charge in [-0.15, -0.1) is 0 Å². The highest BCUT2D eigenvalue weighted by Crippen LogP contribution is 2.40. The highest BCUT2D eigenvalue weighted by Gasteiger charge is 2.53. The van der Waals surface area contributed by atoms with Gasteiger partial charge in [-0.1, -0.05) is 66.7 Å². The summed E-state index contributed by atoms with van der Waals surface area (Å²) in [5.74, 6) is -0.765. The summed E-state index contributed by atoms with van der Waals surface area (Å²) in [5.41, 5.74) is 1.96. The van der Waals surface area contributed by atoms with Crippen molar-refractivity contribution in [3.05, 3.63) is 102 Å². The number of benzene rings is 3. The zero-order chi connectivity index (χ0) is 26.5. The van der Waals surface area contributed by atoms with Crippen LogP contribution in [0.5, 0.6) is 0 Å². The van der Waals surface area contributed by atoms with E-state index >= 15 is 0 Å². The third kappa shape index (κ3) is 5.20. The van der Waals surface area contributed by atoms with Crippen LogP contribution in [0, 0.1) is 0 Å². The number of likely N-dealkylation sites (tertiary alicyclic amines) is 1. The molecule has 2 fully saturated rings. The molecule has 2 aliphatic rings. The first kappa shape index (κ1) is 25.7. The Hall–Kier alpha value is -3.97. The molecular weight excluding hydrogens is 478 g/mol. The lowest BCUT2D eigenvalue weighted by Gasteiger charge is -2.43. The molecule has 1 N–H and O–H groups in total. The third-order valence-electron chi connectivity index (χ3n) is 7.85. The lowest BCUT2D eigenvalue weighted by atomic mass is 9.85. The number of anilines is 1. The van der Waals surface area contributed by atoms with Crippen molar-refractivity contribution in [3.63, 3.8) is 0 Å². The summed E-state index contributed by atoms with van der Waals surface area (Å²) in [6.07, 6.45) is 2.67. The monoisotopic (exact) mass is 511 g/mol. The molecule has 0 bridgehead atoms. The number of aromatic carboxylic acids is 1. The van der Waals surface area contributed by atoms with Gasteiger partial charge >= 0.3 is 5.97 Å². The Kier molecular flexibility index (Phi) is 7.56. The molecule has 7 nitrogen and oxygen atoms in total. The minimum absolute atomic E-state index is 0.0560. The maximum absolute atomic E-state index is 14.0. The standard InChI is InChI=1S/C31H33N3O4/c35-28(24-10-3-1-4-11-24)16-9-19-32-20-17-31(18-21-32)30(38)33(23-34(31)26-13-5-2-6-14-26)22-25-12-7-8-15-27(25)29(36)37/h1-8,10-15H,9,16-23H2,(H,36,37). The number of para-hydroxylation sites is 1. The van der Waals surface area contributed by atoms with Gasteiger partial charge in [0.05, 0.1) is 12.2 Å². The van der Waals surface area contributed by atoms with Gasteiger partial charge in [0, 0.05) is 37.3 Å². The second-order valence-electron chi connectivity index (χ2n) is 10.1. The molecule has 7 heteroatoms. The average Bonchev–Trinajstić information content (AvgIpc) is 3.21. The summed E-state index contributed by atoms with van der Waals surface area (Å²) in [5, 5.41) is 9.64. The van der Waals surface area contributed by atoms with E-state index in [9.17, 15) is 19.5 Å². The molecule has 2 heterocycles. The van der Waals surface area contributed by atoms with Crippen LogP contribution in [0.4, 0.5) is 5.69 Å². The summed E-state index contributed by atoms with van der Waals surface area (Å²) in [4.78, 5) is 44.6. The summed E-state index contributed by atoms with van der Waals surface area (Å²) in [7, 11) is 0. The van der Waals surface area contributed by atoms with Gasteiger partial charge in [-0.2, -0.15) is 0 Å². The lowest BCUT2D eigenvalue weighted by Crippen LogP contribution is -2.56. The highest BCUT2D eigenvalue weighted by atomic mass is 16.4. The first-order chi connectivity index (χ1) is 18.5. The van der Waals surface area contributed by atoms with Crippen LogP contribution in [0.3, 0.4) is 0 Å². The van der Waals surface area contributed by atoms with Gasteiger partial charge in [0.1, 0.15) is 5.54 Å². The molecule has 2 saturated heterocycles. The van der Waals surface area contributed by atoms with Crippen molar-refractivity contribution in [2.45, 2.75) is 37.8 Å². The fourth-order valence-electron chi connectivity index (χ4n) is 5.77. The van der Waals surface area contributed by atoms with Crippen molar-refractivity contribution in [3.8, 4) is 0 Å². The van der Waals surface area contributed by atoms with Gasteiger partial charge in [0.15, 0.2) is 5.78 Å². The number of hydrogen-bond donors (Lipinski definition) is 1. The Morgan fingerprint density at radius 3 is 2.16 bits per heavy atom. The molecule has 2 aliphatic heterocycles. The summed E-state index contributed by atoms with van der Waals surface area (Å²) >= 11 is 0. The fourth-order valence-corrected chi connectivity index (χ4v) is 5.77. The van der Waals surface area contributed by atoms with Crippen molar-refractivity contribution in [2.24, 2.45) is 0 Å². The van der Waals surface area contributed by atoms with E-state index in [0.29, 0.717) is 31.5 Å². The van der Waals surface area contributed by atoms with E-state index in [4.69, 9.17) is 0 Å². The zero-order valence-corrected chi connectivity index (χ0v) is 21.5. The van der Waals surface area contributed by atoms with Gasteiger partial charge in [-0.25, -0.2) is 4.79 Å². The number of hydrogen-bond acceptors (Lipinski definition) is 5. The van der Waals surface area contributed by atoms with E-state index in [-0.39, 0.29) is 23.8 Å². The number of ketones is 1. The van der Waals surface area contributed by atoms with Crippen LogP contribution < -0.4 is 4.90 Å². The molecular formula is C31H33N3O4. The SMILES string of the molecule is O=C(CCCN1CCC2(CC1)C(=O)N(Cc1ccccc1C(=O)O)CN2c1ccccc1)c1ccccc1. The number of carboxylic acid groups (broad SMARTS) is 1. The number of rotatable bonds is 9. The van der Waals surface area contributed by atoms with Gasteiger partial charge < -0.3 is 19.8 Å². The predicted molar refractivity (Wildman–Crippen MR) is 146 cm³/mol. The summed E-state index contributed by atoms with van der Waals surface area (Å²) in [6.45, 7) is 3.05. The molecule has 1 spiro atoms. The van der Waals surface area contributed by atoms with E-state index < -0.39 is 11.5 Å². The number of Topliss-reactive ketones (excluding diaryl/α,β-unsaturated/α-hetero) is 1. The molecule has 0 unspecified atom stereocenters. The average molecular weight is 512 g/mol. The smallest absolute Gasteiger partial charge is 0.336 e. The Labute approximate surface area is 223 Å². The number of carbonyl (C=O) groups is 3. The Morgan fingerprint density at radius 1 is 0.842 bits per heavy atom. The van der Waals surface area contributed by atoms with Crippen LogP contribution in [0.25, 0.3) is 0 Å². The molecule has 3 aromatic carbocycles. The normalized spacial score (nSPS) is 17.2. The Morgan fingerprint density at radius 2 is 1.47 bits per heavy atom. The van der Waals surface area contributed by atoms with Crippen molar-refractivity contribution < 1.29 is 19.5 Å². The summed E-state index contributed by atoms with van der Waals surface area (Å²) < 4.78 is 0. The molecule has 0 atom stereocenters. The largest absolute Gasteiger partial charge is 0.478 e. The van der Waals surface area contributed by atoms with Crippen molar-refractivity contribution in [2.75, 3.05) is 31.2 Å². The number of piperidine rings is 1. The van der Waals surface area contributed by atoms with Gasteiger partial charge in [0.25, 0.3) is 0 Å². The number of carboxylic acids is 1. The predicted octanol–water partition coefficient (Wildman–Crippen LogP) is 4.69. The molecule has 0 aliphatic carbocycles. The van der Waals surface area contributed by atoms with Crippen molar-refractivity contribution >= 4 is 23.3 Å². The van der Waals surface area contributed by atoms with Crippen LogP contribution in [0.2, 0.25) is 0 Å². The molecule has 0 aromatic heterocycles. The second-order valence-corrected chi connectivity index (χ2v) is 10.1. The fraction of sp³-hybridized carbons (Fsp3) is 0.323. The number of amides is 1. The van der Waals surface area contributed by atoms with E-state index in [1.807, 2.05) is 66.7 Å². The molecule has 3 aromatic rings. The zero-order valence-electron chi connectivity index (χ0n) is 21.5. The third-order valence-corrected chi connectivity index (χ3v) is 7.85. The molecule has 5 rings (SSSR count). The molecule has 196 valence electrons. The molecule has 0 radical (unpaired) electrons. The Bertz CT molecular complexity index is 1290. The minimum Gasteiger partial charge on any atom is -0.478 e. The molecule has 1 amide bonds. The van der Waals surface area contributed by atoms with Crippen molar-refractivity contribution in [1.29, 1.82) is 0 Å². The van der Waals surface area contributed by atoms with E-state index in [1.165, 1.54) is 0 Å². The first-order valence-corrected chi connectivity index (χ1v) is 13.2. The van der Waals surface area contributed by atoms with E-state index in [1.54, 1.807) is 23.1 Å². The van der Waals surface area contributed by atoms with Crippen LogP contribution in [0.1, 0.15) is 52.0 Å². The van der Waals surface area contributed by atoms with Crippen LogP contribution >= 0.6 is 0 Å². The molecule has 38 heavy (non-hydrogen) atoms. The lowest BCUT2D eigenvalue weighted by molar-refractivity contribution is -0.134. The number of carbonyl (C=O) groups excluding carboxylic acids is 2. The van der Waals surface area contributed by atoms with Crippen LogP contribution in [0.15, 0.2) is 84.9 Å². The second kappa shape index (κ2) is 11.2.